The number of benzene rings is 1. The van der Waals surface area contributed by atoms with E-state index in [1.54, 1.807) is 25.2 Å². The molecule has 5 heteroatoms. The third kappa shape index (κ3) is 2.59. The van der Waals surface area contributed by atoms with E-state index in [1.807, 2.05) is 13.8 Å². The molecule has 0 aliphatic heterocycles. The molecule has 0 aromatic heterocycles. The van der Waals surface area contributed by atoms with Crippen molar-refractivity contribution in [1.82, 2.24) is 4.31 Å². The van der Waals surface area contributed by atoms with Crippen molar-refractivity contribution in [2.75, 3.05) is 13.6 Å². The van der Waals surface area contributed by atoms with Gasteiger partial charge in [0.2, 0.25) is 10.0 Å². The van der Waals surface area contributed by atoms with E-state index in [2.05, 4.69) is 15.9 Å². The molecule has 0 atom stereocenters. The van der Waals surface area contributed by atoms with Gasteiger partial charge in [-0.25, -0.2) is 12.7 Å². The highest BCUT2D eigenvalue weighted by Crippen LogP contribution is 2.21. The fourth-order valence-corrected chi connectivity index (χ4v) is 2.64. The normalized spacial score (nSPS) is 12.1. The Morgan fingerprint density at radius 1 is 1.40 bits per heavy atom. The largest absolute Gasteiger partial charge is 0.242 e. The molecule has 0 N–H and O–H groups in total. The summed E-state index contributed by atoms with van der Waals surface area (Å²) in [7, 11) is -1.74. The van der Waals surface area contributed by atoms with Crippen molar-refractivity contribution in [3.05, 3.63) is 28.2 Å². The minimum absolute atomic E-state index is 0.340. The molecule has 0 saturated heterocycles. The van der Waals surface area contributed by atoms with Crippen molar-refractivity contribution in [2.45, 2.75) is 18.7 Å². The van der Waals surface area contributed by atoms with Crippen LogP contribution in [0.4, 0.5) is 0 Å². The molecule has 1 aromatic rings. The van der Waals surface area contributed by atoms with Gasteiger partial charge in [0.25, 0.3) is 0 Å². The summed E-state index contributed by atoms with van der Waals surface area (Å²) in [6.45, 7) is 4.15. The third-order valence-electron chi connectivity index (χ3n) is 2.28. The number of aryl methyl sites for hydroxylation is 1. The lowest BCUT2D eigenvalue weighted by Gasteiger charge is -2.15. The number of nitrogens with zero attached hydrogens (tertiary/aromatic N) is 1. The molecule has 84 valence electrons. The van der Waals surface area contributed by atoms with Gasteiger partial charge in [-0.15, -0.1) is 0 Å². The molecule has 0 bridgehead atoms. The van der Waals surface area contributed by atoms with Crippen LogP contribution in [-0.4, -0.2) is 26.3 Å². The Labute approximate surface area is 99.3 Å². The highest BCUT2D eigenvalue weighted by molar-refractivity contribution is 9.10. The van der Waals surface area contributed by atoms with Gasteiger partial charge in [-0.3, -0.25) is 0 Å². The molecular formula is C10H14BrNO2S. The predicted octanol–water partition coefficient (Wildman–Crippen LogP) is 2.40. The topological polar surface area (TPSA) is 37.4 Å². The lowest BCUT2D eigenvalue weighted by atomic mass is 10.2. The second-order valence-corrected chi connectivity index (χ2v) is 6.23. The lowest BCUT2D eigenvalue weighted by molar-refractivity contribution is 0.486. The quantitative estimate of drug-likeness (QED) is 0.858. The second kappa shape index (κ2) is 4.63. The third-order valence-corrected chi connectivity index (χ3v) is 5.10. The maximum Gasteiger partial charge on any atom is 0.242 e. The summed E-state index contributed by atoms with van der Waals surface area (Å²) in [5, 5.41) is 0. The molecular weight excluding hydrogens is 278 g/mol. The van der Waals surface area contributed by atoms with Crippen molar-refractivity contribution in [3.63, 3.8) is 0 Å². The second-order valence-electron chi connectivity index (χ2n) is 3.33. The van der Waals surface area contributed by atoms with Crippen LogP contribution in [0.5, 0.6) is 0 Å². The van der Waals surface area contributed by atoms with Crippen molar-refractivity contribution in [1.29, 1.82) is 0 Å². The molecule has 0 aliphatic rings. The molecule has 0 spiro atoms. The molecule has 0 fully saturated rings. The standard InChI is InChI=1S/C10H14BrNO2S/c1-4-12(3)15(13,14)9-5-6-10(11)8(2)7-9/h5-7H,4H2,1-3H3. The van der Waals surface area contributed by atoms with E-state index in [4.69, 9.17) is 0 Å². The summed E-state index contributed by atoms with van der Waals surface area (Å²) < 4.78 is 26.1. The molecule has 0 amide bonds. The first-order valence-corrected chi connectivity index (χ1v) is 6.85. The van der Waals surface area contributed by atoms with Crippen LogP contribution >= 0.6 is 15.9 Å². The highest BCUT2D eigenvalue weighted by Gasteiger charge is 2.19. The lowest BCUT2D eigenvalue weighted by Crippen LogP contribution is -2.26. The molecule has 1 rings (SSSR count). The van der Waals surface area contributed by atoms with Crippen LogP contribution in [0, 0.1) is 6.92 Å². The van der Waals surface area contributed by atoms with Crippen molar-refractivity contribution >= 4 is 26.0 Å². The average Bonchev–Trinajstić information content (AvgIpc) is 2.20. The van der Waals surface area contributed by atoms with E-state index in [0.29, 0.717) is 11.4 Å². The molecule has 0 unspecified atom stereocenters. The molecule has 0 heterocycles. The first-order chi connectivity index (χ1) is 6.89. The molecule has 1 aromatic carbocycles. The average molecular weight is 292 g/mol. The van der Waals surface area contributed by atoms with Crippen LogP contribution in [0.15, 0.2) is 27.6 Å². The molecule has 3 nitrogen and oxygen atoms in total. The number of sulfonamides is 1. The van der Waals surface area contributed by atoms with E-state index in [-0.39, 0.29) is 0 Å². The zero-order chi connectivity index (χ0) is 11.6. The van der Waals surface area contributed by atoms with Crippen LogP contribution in [0.2, 0.25) is 0 Å². The molecule has 0 aliphatic carbocycles. The maximum absolute atomic E-state index is 11.9. The molecule has 0 radical (unpaired) electrons. The zero-order valence-corrected chi connectivity index (χ0v) is 11.4. The van der Waals surface area contributed by atoms with E-state index in [9.17, 15) is 8.42 Å². The van der Waals surface area contributed by atoms with Crippen LogP contribution < -0.4 is 0 Å². The van der Waals surface area contributed by atoms with Gasteiger partial charge in [-0.05, 0) is 30.7 Å². The van der Waals surface area contributed by atoms with Gasteiger partial charge in [-0.1, -0.05) is 22.9 Å². The summed E-state index contributed by atoms with van der Waals surface area (Å²) in [6.07, 6.45) is 0. The summed E-state index contributed by atoms with van der Waals surface area (Å²) in [4.78, 5) is 0.340. The van der Waals surface area contributed by atoms with Crippen LogP contribution in [-0.2, 0) is 10.0 Å². The van der Waals surface area contributed by atoms with Gasteiger partial charge in [0.15, 0.2) is 0 Å². The minimum atomic E-state index is -3.32. The summed E-state index contributed by atoms with van der Waals surface area (Å²) in [5.74, 6) is 0. The number of rotatable bonds is 3. The summed E-state index contributed by atoms with van der Waals surface area (Å²) in [5.41, 5.74) is 0.917. The predicted molar refractivity (Wildman–Crippen MR) is 64.4 cm³/mol. The van der Waals surface area contributed by atoms with E-state index in [0.717, 1.165) is 10.0 Å². The van der Waals surface area contributed by atoms with Crippen molar-refractivity contribution < 1.29 is 8.42 Å². The van der Waals surface area contributed by atoms with Crippen LogP contribution in [0.1, 0.15) is 12.5 Å². The van der Waals surface area contributed by atoms with Crippen molar-refractivity contribution in [2.24, 2.45) is 0 Å². The van der Waals surface area contributed by atoms with Gasteiger partial charge in [0, 0.05) is 18.1 Å². The maximum atomic E-state index is 11.9. The van der Waals surface area contributed by atoms with E-state index in [1.165, 1.54) is 4.31 Å². The fourth-order valence-electron chi connectivity index (χ4n) is 1.13. The Balaban J connectivity index is 3.23. The minimum Gasteiger partial charge on any atom is -0.207 e. The van der Waals surface area contributed by atoms with Crippen LogP contribution in [0.25, 0.3) is 0 Å². The highest BCUT2D eigenvalue weighted by atomic mass is 79.9. The summed E-state index contributed by atoms with van der Waals surface area (Å²) in [6, 6.07) is 5.04. The molecule has 0 saturated carbocycles. The molecule has 15 heavy (non-hydrogen) atoms. The fraction of sp³-hybridized carbons (Fsp3) is 0.400. The summed E-state index contributed by atoms with van der Waals surface area (Å²) >= 11 is 3.34. The Bertz CT molecular complexity index is 456. The van der Waals surface area contributed by atoms with Gasteiger partial charge < -0.3 is 0 Å². The van der Waals surface area contributed by atoms with E-state index >= 15 is 0 Å². The number of halogens is 1. The Hall–Kier alpha value is -0.390. The monoisotopic (exact) mass is 291 g/mol. The first kappa shape index (κ1) is 12.7. The van der Waals surface area contributed by atoms with E-state index < -0.39 is 10.0 Å². The van der Waals surface area contributed by atoms with Crippen molar-refractivity contribution in [3.8, 4) is 0 Å². The Morgan fingerprint density at radius 2 is 2.00 bits per heavy atom. The first-order valence-electron chi connectivity index (χ1n) is 4.62. The Kier molecular flexibility index (Phi) is 3.92. The number of hydrogen-bond donors (Lipinski definition) is 0. The Morgan fingerprint density at radius 3 is 2.47 bits per heavy atom. The zero-order valence-electron chi connectivity index (χ0n) is 8.99. The van der Waals surface area contributed by atoms with Gasteiger partial charge in [0.05, 0.1) is 4.90 Å². The SMILES string of the molecule is CCN(C)S(=O)(=O)c1ccc(Br)c(C)c1. The van der Waals surface area contributed by atoms with Gasteiger partial charge in [0.1, 0.15) is 0 Å². The van der Waals surface area contributed by atoms with Crippen LogP contribution in [0.3, 0.4) is 0 Å². The van der Waals surface area contributed by atoms with Gasteiger partial charge >= 0.3 is 0 Å². The van der Waals surface area contributed by atoms with Gasteiger partial charge in [-0.2, -0.15) is 0 Å². The smallest absolute Gasteiger partial charge is 0.207 e. The number of hydrogen-bond acceptors (Lipinski definition) is 2.